The van der Waals surface area contributed by atoms with E-state index in [2.05, 4.69) is 20.6 Å². The summed E-state index contributed by atoms with van der Waals surface area (Å²) in [6.45, 7) is 1.95. The Morgan fingerprint density at radius 1 is 1.19 bits per heavy atom. The van der Waals surface area contributed by atoms with E-state index in [1.165, 1.54) is 12.1 Å². The molecule has 1 heterocycles. The standard InChI is InChI=1S/C22H28F3N5O2/c1-13-12-26-21(29-19(13)30(2)3)28-17-9-7-16(8-10-17)27-20(32)18(31)14-5-4-6-15(11-14)22(23,24)25/h4-6,11-12,16-18,31H,7-10H2,1-3H3,(H,27,32)(H,26,28,29)/t16-,17+,18?. The van der Waals surface area contributed by atoms with Crippen LogP contribution in [0.2, 0.25) is 0 Å². The number of aliphatic hydroxyl groups is 1. The monoisotopic (exact) mass is 451 g/mol. The van der Waals surface area contributed by atoms with Crippen molar-refractivity contribution in [1.82, 2.24) is 15.3 Å². The van der Waals surface area contributed by atoms with Gasteiger partial charge in [-0.15, -0.1) is 0 Å². The number of nitrogens with one attached hydrogen (secondary N) is 2. The highest BCUT2D eigenvalue weighted by molar-refractivity contribution is 5.82. The van der Waals surface area contributed by atoms with Crippen LogP contribution in [0.15, 0.2) is 30.5 Å². The van der Waals surface area contributed by atoms with Gasteiger partial charge in [0.15, 0.2) is 6.10 Å². The van der Waals surface area contributed by atoms with Crippen LogP contribution in [0.5, 0.6) is 0 Å². The van der Waals surface area contributed by atoms with Gasteiger partial charge in [-0.3, -0.25) is 4.79 Å². The Morgan fingerprint density at radius 2 is 1.84 bits per heavy atom. The third kappa shape index (κ3) is 5.87. The van der Waals surface area contributed by atoms with Gasteiger partial charge >= 0.3 is 6.18 Å². The number of nitrogens with zero attached hydrogens (tertiary/aromatic N) is 3. The molecule has 3 rings (SSSR count). The second-order valence-electron chi connectivity index (χ2n) is 8.32. The van der Waals surface area contributed by atoms with E-state index in [0.29, 0.717) is 18.8 Å². The summed E-state index contributed by atoms with van der Waals surface area (Å²) < 4.78 is 38.6. The molecule has 0 aliphatic heterocycles. The molecule has 0 radical (unpaired) electrons. The van der Waals surface area contributed by atoms with Crippen molar-refractivity contribution in [1.29, 1.82) is 0 Å². The lowest BCUT2D eigenvalue weighted by Gasteiger charge is -2.30. The van der Waals surface area contributed by atoms with Crippen molar-refractivity contribution < 1.29 is 23.1 Å². The van der Waals surface area contributed by atoms with E-state index < -0.39 is 23.8 Å². The summed E-state index contributed by atoms with van der Waals surface area (Å²) in [6, 6.07) is 4.19. The molecule has 2 aromatic rings. The van der Waals surface area contributed by atoms with Gasteiger partial charge in [0.1, 0.15) is 5.82 Å². The number of alkyl halides is 3. The summed E-state index contributed by atoms with van der Waals surface area (Å²) in [5.41, 5.74) is -0.00336. The molecule has 3 N–H and O–H groups in total. The normalized spacial score (nSPS) is 19.8. The number of rotatable bonds is 6. The fourth-order valence-corrected chi connectivity index (χ4v) is 3.84. The van der Waals surface area contributed by atoms with E-state index in [-0.39, 0.29) is 17.6 Å². The van der Waals surface area contributed by atoms with Gasteiger partial charge in [0, 0.05) is 37.9 Å². The van der Waals surface area contributed by atoms with E-state index in [9.17, 15) is 23.1 Å². The Balaban J connectivity index is 1.53. The smallest absolute Gasteiger partial charge is 0.378 e. The lowest BCUT2D eigenvalue weighted by atomic mass is 9.91. The predicted octanol–water partition coefficient (Wildman–Crippen LogP) is 3.44. The first kappa shape index (κ1) is 23.8. The zero-order valence-electron chi connectivity index (χ0n) is 18.3. The molecule has 0 spiro atoms. The molecule has 1 aliphatic carbocycles. The minimum atomic E-state index is -4.54. The summed E-state index contributed by atoms with van der Waals surface area (Å²) >= 11 is 0. The molecule has 1 amide bonds. The molecule has 1 aromatic carbocycles. The molecule has 1 fully saturated rings. The molecule has 1 saturated carbocycles. The van der Waals surface area contributed by atoms with Crippen molar-refractivity contribution in [3.05, 3.63) is 47.2 Å². The van der Waals surface area contributed by atoms with Crippen LogP contribution in [0.25, 0.3) is 0 Å². The molecular formula is C22H28F3N5O2. The maximum absolute atomic E-state index is 12.9. The number of anilines is 2. The number of aryl methyl sites for hydroxylation is 1. The van der Waals surface area contributed by atoms with E-state index in [0.717, 1.165) is 36.4 Å². The maximum Gasteiger partial charge on any atom is 0.416 e. The molecule has 174 valence electrons. The van der Waals surface area contributed by atoms with E-state index in [4.69, 9.17) is 0 Å². The topological polar surface area (TPSA) is 90.4 Å². The summed E-state index contributed by atoms with van der Waals surface area (Å²) in [7, 11) is 3.83. The highest BCUT2D eigenvalue weighted by Crippen LogP contribution is 2.31. The van der Waals surface area contributed by atoms with Gasteiger partial charge in [0.05, 0.1) is 5.56 Å². The largest absolute Gasteiger partial charge is 0.416 e. The van der Waals surface area contributed by atoms with Crippen molar-refractivity contribution in [2.24, 2.45) is 0 Å². The molecule has 1 aliphatic rings. The van der Waals surface area contributed by atoms with E-state index in [1.807, 2.05) is 25.9 Å². The summed E-state index contributed by atoms with van der Waals surface area (Å²) in [5.74, 6) is 0.692. The Labute approximate surface area is 185 Å². The number of benzene rings is 1. The van der Waals surface area contributed by atoms with Gasteiger partial charge in [-0.2, -0.15) is 18.2 Å². The number of hydrogen-bond donors (Lipinski definition) is 3. The third-order valence-electron chi connectivity index (χ3n) is 5.55. The highest BCUT2D eigenvalue weighted by Gasteiger charge is 2.32. The summed E-state index contributed by atoms with van der Waals surface area (Å²) in [6.07, 6.45) is -1.55. The number of amides is 1. The molecule has 32 heavy (non-hydrogen) atoms. The van der Waals surface area contributed by atoms with Crippen molar-refractivity contribution in [3.8, 4) is 0 Å². The quantitative estimate of drug-likeness (QED) is 0.624. The average Bonchev–Trinajstić information content (AvgIpc) is 2.75. The number of carbonyl (C=O) groups is 1. The first-order valence-corrected chi connectivity index (χ1v) is 10.5. The van der Waals surface area contributed by atoms with Gasteiger partial charge in [-0.1, -0.05) is 12.1 Å². The second kappa shape index (κ2) is 9.72. The molecule has 0 bridgehead atoms. The summed E-state index contributed by atoms with van der Waals surface area (Å²) in [5, 5.41) is 16.3. The average molecular weight is 451 g/mol. The zero-order chi connectivity index (χ0) is 23.5. The van der Waals surface area contributed by atoms with Crippen LogP contribution in [0, 0.1) is 6.92 Å². The fourth-order valence-electron chi connectivity index (χ4n) is 3.84. The van der Waals surface area contributed by atoms with Gasteiger partial charge in [0.25, 0.3) is 5.91 Å². The fraction of sp³-hybridized carbons (Fsp3) is 0.500. The van der Waals surface area contributed by atoms with E-state index >= 15 is 0 Å². The Kier molecular flexibility index (Phi) is 7.22. The van der Waals surface area contributed by atoms with Gasteiger partial charge in [-0.25, -0.2) is 4.98 Å². The minimum absolute atomic E-state index is 0.0825. The van der Waals surface area contributed by atoms with Crippen LogP contribution in [0.1, 0.15) is 48.5 Å². The molecule has 1 atom stereocenters. The van der Waals surface area contributed by atoms with Crippen LogP contribution < -0.4 is 15.5 Å². The SMILES string of the molecule is Cc1cnc(N[C@H]2CC[C@@H](NC(=O)C(O)c3cccc(C(F)(F)F)c3)CC2)nc1N(C)C. The number of hydrogen-bond acceptors (Lipinski definition) is 6. The Bertz CT molecular complexity index is 943. The lowest BCUT2D eigenvalue weighted by Crippen LogP contribution is -2.42. The number of carbonyl (C=O) groups excluding carboxylic acids is 1. The first-order valence-electron chi connectivity index (χ1n) is 10.5. The van der Waals surface area contributed by atoms with Crippen molar-refractivity contribution in [3.63, 3.8) is 0 Å². The van der Waals surface area contributed by atoms with Crippen LogP contribution in [-0.4, -0.2) is 47.2 Å². The van der Waals surface area contributed by atoms with Gasteiger partial charge < -0.3 is 20.6 Å². The summed E-state index contributed by atoms with van der Waals surface area (Å²) in [4.78, 5) is 23.2. The van der Waals surface area contributed by atoms with Gasteiger partial charge in [-0.05, 0) is 50.3 Å². The van der Waals surface area contributed by atoms with Crippen LogP contribution >= 0.6 is 0 Å². The van der Waals surface area contributed by atoms with Gasteiger partial charge in [0.2, 0.25) is 5.95 Å². The van der Waals surface area contributed by atoms with E-state index in [1.54, 1.807) is 6.20 Å². The molecule has 1 aromatic heterocycles. The lowest BCUT2D eigenvalue weighted by molar-refractivity contribution is -0.138. The Morgan fingerprint density at radius 3 is 2.47 bits per heavy atom. The maximum atomic E-state index is 12.9. The van der Waals surface area contributed by atoms with Crippen LogP contribution in [0.4, 0.5) is 24.9 Å². The Hall–Kier alpha value is -2.88. The number of aliphatic hydroxyl groups excluding tert-OH is 1. The predicted molar refractivity (Wildman–Crippen MR) is 115 cm³/mol. The van der Waals surface area contributed by atoms with Crippen molar-refractivity contribution >= 4 is 17.7 Å². The highest BCUT2D eigenvalue weighted by atomic mass is 19.4. The van der Waals surface area contributed by atoms with Crippen molar-refractivity contribution in [2.75, 3.05) is 24.3 Å². The molecule has 0 saturated heterocycles. The molecule has 1 unspecified atom stereocenters. The van der Waals surface area contributed by atoms with Crippen LogP contribution in [-0.2, 0) is 11.0 Å². The number of aromatic nitrogens is 2. The molecular weight excluding hydrogens is 423 g/mol. The number of halogens is 3. The van der Waals surface area contributed by atoms with Crippen molar-refractivity contribution in [2.45, 2.75) is 57.0 Å². The molecule has 7 nitrogen and oxygen atoms in total. The molecule has 10 heteroatoms. The second-order valence-corrected chi connectivity index (χ2v) is 8.32. The third-order valence-corrected chi connectivity index (χ3v) is 5.55. The minimum Gasteiger partial charge on any atom is -0.378 e. The van der Waals surface area contributed by atoms with Crippen LogP contribution in [0.3, 0.4) is 0 Å². The first-order chi connectivity index (χ1) is 15.0. The zero-order valence-corrected chi connectivity index (χ0v) is 18.3.